The van der Waals surface area contributed by atoms with Gasteiger partial charge >= 0.3 is 0 Å². The van der Waals surface area contributed by atoms with Crippen molar-refractivity contribution in [2.45, 2.75) is 64.1 Å². The average Bonchev–Trinajstić information content (AvgIpc) is 2.92. The highest BCUT2D eigenvalue weighted by Gasteiger charge is 2.43. The van der Waals surface area contributed by atoms with E-state index in [2.05, 4.69) is 5.32 Å². The zero-order valence-corrected chi connectivity index (χ0v) is 10.9. The first-order valence-corrected chi connectivity index (χ1v) is 6.98. The number of carbonyl (C=O) groups excluding carboxylic acids is 1. The standard InChI is InChI=1S/C13H22F2N2O/c1-2-5-10-13(18)17(8-11(14)15)12(16-10)9-6-3-4-7-9/h9-12,16H,2-8H2,1H3. The van der Waals surface area contributed by atoms with Gasteiger partial charge in [-0.2, -0.15) is 0 Å². The van der Waals surface area contributed by atoms with Crippen LogP contribution in [0.3, 0.4) is 0 Å². The number of hydrogen-bond acceptors (Lipinski definition) is 2. The van der Waals surface area contributed by atoms with Crippen molar-refractivity contribution in [2.75, 3.05) is 6.54 Å². The Kier molecular flexibility index (Phi) is 4.54. The number of nitrogens with one attached hydrogen (secondary N) is 1. The quantitative estimate of drug-likeness (QED) is 0.823. The van der Waals surface area contributed by atoms with Crippen LogP contribution in [0.5, 0.6) is 0 Å². The van der Waals surface area contributed by atoms with Crippen LogP contribution in [-0.2, 0) is 4.79 Å². The van der Waals surface area contributed by atoms with E-state index in [9.17, 15) is 13.6 Å². The van der Waals surface area contributed by atoms with Gasteiger partial charge in [0, 0.05) is 0 Å². The highest BCUT2D eigenvalue weighted by atomic mass is 19.3. The van der Waals surface area contributed by atoms with Gasteiger partial charge in [0.25, 0.3) is 6.43 Å². The Labute approximate surface area is 107 Å². The molecule has 2 aliphatic rings. The van der Waals surface area contributed by atoms with Gasteiger partial charge in [-0.3, -0.25) is 10.1 Å². The summed E-state index contributed by atoms with van der Waals surface area (Å²) in [7, 11) is 0. The molecule has 1 aliphatic heterocycles. The minimum Gasteiger partial charge on any atom is -0.320 e. The molecular formula is C13H22F2N2O. The number of alkyl halides is 2. The van der Waals surface area contributed by atoms with Gasteiger partial charge in [-0.1, -0.05) is 26.2 Å². The van der Waals surface area contributed by atoms with Crippen LogP contribution in [0.4, 0.5) is 8.78 Å². The number of amides is 1. The Hall–Kier alpha value is -0.710. The third kappa shape index (κ3) is 2.82. The van der Waals surface area contributed by atoms with E-state index in [0.29, 0.717) is 5.92 Å². The number of rotatable bonds is 5. The molecule has 1 saturated carbocycles. The van der Waals surface area contributed by atoms with Gasteiger partial charge in [0.2, 0.25) is 5.91 Å². The summed E-state index contributed by atoms with van der Waals surface area (Å²) < 4.78 is 25.2. The summed E-state index contributed by atoms with van der Waals surface area (Å²) in [5, 5.41) is 3.28. The molecule has 104 valence electrons. The normalized spacial score (nSPS) is 29.8. The molecule has 0 radical (unpaired) electrons. The monoisotopic (exact) mass is 260 g/mol. The van der Waals surface area contributed by atoms with Crippen molar-refractivity contribution in [1.82, 2.24) is 10.2 Å². The van der Waals surface area contributed by atoms with Gasteiger partial charge in [-0.25, -0.2) is 8.78 Å². The summed E-state index contributed by atoms with van der Waals surface area (Å²) in [5.41, 5.74) is 0. The molecule has 18 heavy (non-hydrogen) atoms. The van der Waals surface area contributed by atoms with Crippen LogP contribution in [0, 0.1) is 5.92 Å². The molecule has 1 amide bonds. The van der Waals surface area contributed by atoms with E-state index in [-0.39, 0.29) is 18.1 Å². The Morgan fingerprint density at radius 1 is 1.39 bits per heavy atom. The molecule has 5 heteroatoms. The molecular weight excluding hydrogens is 238 g/mol. The number of hydrogen-bond donors (Lipinski definition) is 1. The lowest BCUT2D eigenvalue weighted by atomic mass is 10.0. The largest absolute Gasteiger partial charge is 0.320 e. The predicted molar refractivity (Wildman–Crippen MR) is 65.3 cm³/mol. The molecule has 3 nitrogen and oxygen atoms in total. The van der Waals surface area contributed by atoms with Gasteiger partial charge in [0.1, 0.15) is 0 Å². The summed E-state index contributed by atoms with van der Waals surface area (Å²) in [6, 6.07) is -0.251. The fraction of sp³-hybridized carbons (Fsp3) is 0.923. The minimum absolute atomic E-state index is 0.131. The topological polar surface area (TPSA) is 32.3 Å². The van der Waals surface area contributed by atoms with Crippen LogP contribution in [0.25, 0.3) is 0 Å². The Bertz CT molecular complexity index is 293. The second kappa shape index (κ2) is 5.95. The van der Waals surface area contributed by atoms with Gasteiger partial charge in [-0.15, -0.1) is 0 Å². The predicted octanol–water partition coefficient (Wildman–Crippen LogP) is 2.37. The Morgan fingerprint density at radius 2 is 2.06 bits per heavy atom. The molecule has 1 heterocycles. The van der Waals surface area contributed by atoms with E-state index in [1.807, 2.05) is 6.92 Å². The molecule has 2 unspecified atom stereocenters. The average molecular weight is 260 g/mol. The SMILES string of the molecule is CCCC1NC(C2CCCC2)N(CC(F)F)C1=O. The molecule has 1 saturated heterocycles. The third-order valence-corrected chi connectivity index (χ3v) is 4.05. The van der Waals surface area contributed by atoms with Crippen LogP contribution < -0.4 is 5.32 Å². The fourth-order valence-electron chi connectivity index (χ4n) is 3.22. The summed E-state index contributed by atoms with van der Waals surface area (Å²) in [4.78, 5) is 13.5. The summed E-state index contributed by atoms with van der Waals surface area (Å²) in [6.07, 6.45) is 3.42. The first-order valence-electron chi connectivity index (χ1n) is 6.98. The summed E-state index contributed by atoms with van der Waals surface area (Å²) in [6.45, 7) is 1.59. The van der Waals surface area contributed by atoms with E-state index < -0.39 is 13.0 Å². The van der Waals surface area contributed by atoms with Crippen molar-refractivity contribution < 1.29 is 13.6 Å². The van der Waals surface area contributed by atoms with E-state index in [0.717, 1.165) is 38.5 Å². The Balaban J connectivity index is 2.06. The minimum atomic E-state index is -2.44. The second-order valence-electron chi connectivity index (χ2n) is 5.38. The van der Waals surface area contributed by atoms with Crippen LogP contribution >= 0.6 is 0 Å². The molecule has 0 aromatic heterocycles. The third-order valence-electron chi connectivity index (χ3n) is 4.05. The molecule has 1 aliphatic carbocycles. The molecule has 0 aromatic rings. The fourth-order valence-corrected chi connectivity index (χ4v) is 3.22. The lowest BCUT2D eigenvalue weighted by Crippen LogP contribution is -2.44. The van der Waals surface area contributed by atoms with Crippen molar-refractivity contribution in [3.8, 4) is 0 Å². The maximum absolute atomic E-state index is 12.6. The molecule has 0 spiro atoms. The van der Waals surface area contributed by atoms with Crippen molar-refractivity contribution in [2.24, 2.45) is 5.92 Å². The molecule has 0 aromatic carbocycles. The molecule has 2 atom stereocenters. The van der Waals surface area contributed by atoms with Crippen LogP contribution in [0.1, 0.15) is 45.4 Å². The lowest BCUT2D eigenvalue weighted by molar-refractivity contribution is -0.132. The second-order valence-corrected chi connectivity index (χ2v) is 5.38. The zero-order valence-electron chi connectivity index (χ0n) is 10.9. The van der Waals surface area contributed by atoms with Crippen molar-refractivity contribution in [3.05, 3.63) is 0 Å². The van der Waals surface area contributed by atoms with Gasteiger partial charge < -0.3 is 4.90 Å². The molecule has 2 fully saturated rings. The summed E-state index contributed by atoms with van der Waals surface area (Å²) >= 11 is 0. The number of carbonyl (C=O) groups is 1. The maximum Gasteiger partial charge on any atom is 0.255 e. The van der Waals surface area contributed by atoms with Gasteiger partial charge in [-0.05, 0) is 25.2 Å². The first kappa shape index (κ1) is 13.7. The lowest BCUT2D eigenvalue weighted by Gasteiger charge is -2.28. The number of nitrogens with zero attached hydrogens (tertiary/aromatic N) is 1. The van der Waals surface area contributed by atoms with Gasteiger partial charge in [0.05, 0.1) is 18.8 Å². The van der Waals surface area contributed by atoms with E-state index in [1.54, 1.807) is 0 Å². The number of halogens is 2. The highest BCUT2D eigenvalue weighted by Crippen LogP contribution is 2.32. The van der Waals surface area contributed by atoms with Crippen molar-refractivity contribution >= 4 is 5.91 Å². The van der Waals surface area contributed by atoms with Crippen LogP contribution in [0.15, 0.2) is 0 Å². The van der Waals surface area contributed by atoms with Crippen LogP contribution in [0.2, 0.25) is 0 Å². The van der Waals surface area contributed by atoms with Crippen LogP contribution in [-0.4, -0.2) is 36.0 Å². The highest BCUT2D eigenvalue weighted by molar-refractivity contribution is 5.84. The zero-order chi connectivity index (χ0) is 13.1. The first-order chi connectivity index (χ1) is 8.63. The van der Waals surface area contributed by atoms with E-state index in [4.69, 9.17) is 0 Å². The maximum atomic E-state index is 12.6. The van der Waals surface area contributed by atoms with Crippen molar-refractivity contribution in [3.63, 3.8) is 0 Å². The van der Waals surface area contributed by atoms with Crippen molar-refractivity contribution in [1.29, 1.82) is 0 Å². The molecule has 1 N–H and O–H groups in total. The van der Waals surface area contributed by atoms with Gasteiger partial charge in [0.15, 0.2) is 0 Å². The molecule has 2 rings (SSSR count). The van der Waals surface area contributed by atoms with E-state index in [1.165, 1.54) is 4.90 Å². The smallest absolute Gasteiger partial charge is 0.255 e. The Morgan fingerprint density at radius 3 is 2.61 bits per heavy atom. The summed E-state index contributed by atoms with van der Waals surface area (Å²) in [5.74, 6) is 0.226. The molecule has 0 bridgehead atoms. The van der Waals surface area contributed by atoms with E-state index >= 15 is 0 Å².